The van der Waals surface area contributed by atoms with Gasteiger partial charge in [-0.15, -0.1) is 0 Å². The second-order valence-electron chi connectivity index (χ2n) is 4.94. The third-order valence-electron chi connectivity index (χ3n) is 3.53. The van der Waals surface area contributed by atoms with Gasteiger partial charge in [-0.25, -0.2) is 4.98 Å². The Labute approximate surface area is 118 Å². The number of hydrogen-bond acceptors (Lipinski definition) is 5. The fourth-order valence-corrected chi connectivity index (χ4v) is 2.36. The quantitative estimate of drug-likeness (QED) is 0.706. The lowest BCUT2D eigenvalue weighted by Gasteiger charge is -2.31. The zero-order chi connectivity index (χ0) is 14.5. The molecule has 0 saturated carbocycles. The van der Waals surface area contributed by atoms with Crippen LogP contribution in [0.1, 0.15) is 28.4 Å². The third-order valence-corrected chi connectivity index (χ3v) is 3.53. The molecule has 2 rings (SSSR count). The van der Waals surface area contributed by atoms with E-state index in [2.05, 4.69) is 20.6 Å². The first-order valence-corrected chi connectivity index (χ1v) is 6.74. The molecule has 3 N–H and O–H groups in total. The number of amides is 1. The highest BCUT2D eigenvalue weighted by Crippen LogP contribution is 2.10. The minimum Gasteiger partial charge on any atom is -0.378 e. The summed E-state index contributed by atoms with van der Waals surface area (Å²) in [4.78, 5) is 19.5. The van der Waals surface area contributed by atoms with Crippen molar-refractivity contribution >= 4 is 5.91 Å². The fourth-order valence-electron chi connectivity index (χ4n) is 2.36. The molecule has 2 unspecified atom stereocenters. The van der Waals surface area contributed by atoms with Crippen molar-refractivity contribution in [3.05, 3.63) is 17.2 Å². The molecule has 0 bridgehead atoms. The molecule has 1 aromatic rings. The minimum absolute atomic E-state index is 0.00466. The van der Waals surface area contributed by atoms with Crippen LogP contribution in [-0.2, 0) is 16.1 Å². The van der Waals surface area contributed by atoms with E-state index in [9.17, 15) is 4.79 Å². The number of H-pyrrole nitrogens is 1. The van der Waals surface area contributed by atoms with Crippen LogP contribution in [0.2, 0.25) is 0 Å². The van der Waals surface area contributed by atoms with Crippen LogP contribution in [-0.4, -0.2) is 55.3 Å². The Morgan fingerprint density at radius 1 is 1.50 bits per heavy atom. The molecule has 0 aromatic carbocycles. The van der Waals surface area contributed by atoms with Crippen molar-refractivity contribution in [2.45, 2.75) is 32.1 Å². The van der Waals surface area contributed by atoms with Gasteiger partial charge in [0.05, 0.1) is 24.4 Å². The summed E-state index contributed by atoms with van der Waals surface area (Å²) in [5.41, 5.74) is 1.61. The molecule has 1 aromatic heterocycles. The summed E-state index contributed by atoms with van der Waals surface area (Å²) in [7, 11) is 3.26. The number of carbonyl (C=O) groups is 1. The van der Waals surface area contributed by atoms with E-state index in [0.29, 0.717) is 12.4 Å². The Morgan fingerprint density at radius 3 is 3.00 bits per heavy atom. The second kappa shape index (κ2) is 6.83. The summed E-state index contributed by atoms with van der Waals surface area (Å²) in [5, 5.41) is 6.22. The van der Waals surface area contributed by atoms with Gasteiger partial charge in [-0.2, -0.15) is 0 Å². The number of hydrogen-bond donors (Lipinski definition) is 3. The summed E-state index contributed by atoms with van der Waals surface area (Å²) in [5.74, 6) is 0.118. The number of ether oxygens (including phenoxy) is 2. The van der Waals surface area contributed by atoms with Crippen LogP contribution in [0.3, 0.4) is 0 Å². The molecule has 1 aliphatic rings. The standard InChI is InChI=1S/C13H22N4O3/c1-8-10(7-19-2)16-12(15-8)13(18)17-9-4-5-14-6-11(9)20-3/h9,11,14H,4-7H2,1-3H3,(H,15,16)(H,17,18). The lowest BCUT2D eigenvalue weighted by molar-refractivity contribution is 0.0473. The van der Waals surface area contributed by atoms with E-state index >= 15 is 0 Å². The van der Waals surface area contributed by atoms with Gasteiger partial charge in [0.2, 0.25) is 0 Å². The molecule has 0 radical (unpaired) electrons. The number of carbonyl (C=O) groups excluding carboxylic acids is 1. The predicted octanol–water partition coefficient (Wildman–Crippen LogP) is -0.0288. The molecular weight excluding hydrogens is 260 g/mol. The maximum atomic E-state index is 12.2. The zero-order valence-corrected chi connectivity index (χ0v) is 12.2. The molecule has 20 heavy (non-hydrogen) atoms. The molecule has 2 heterocycles. The Kier molecular flexibility index (Phi) is 5.11. The molecule has 1 fully saturated rings. The average molecular weight is 282 g/mol. The molecule has 7 nitrogen and oxygen atoms in total. The number of nitrogens with zero attached hydrogens (tertiary/aromatic N) is 1. The molecular formula is C13H22N4O3. The summed E-state index contributed by atoms with van der Waals surface area (Å²) >= 11 is 0. The topological polar surface area (TPSA) is 88.3 Å². The monoisotopic (exact) mass is 282 g/mol. The van der Waals surface area contributed by atoms with Gasteiger partial charge in [-0.1, -0.05) is 0 Å². The lowest BCUT2D eigenvalue weighted by Crippen LogP contribution is -2.53. The lowest BCUT2D eigenvalue weighted by atomic mass is 10.0. The van der Waals surface area contributed by atoms with Crippen LogP contribution in [0, 0.1) is 6.92 Å². The highest BCUT2D eigenvalue weighted by Gasteiger charge is 2.27. The number of imidazole rings is 1. The number of nitrogens with one attached hydrogen (secondary N) is 3. The third kappa shape index (κ3) is 3.36. The van der Waals surface area contributed by atoms with Crippen LogP contribution in [0.4, 0.5) is 0 Å². The van der Waals surface area contributed by atoms with E-state index < -0.39 is 0 Å². The van der Waals surface area contributed by atoms with E-state index in [1.54, 1.807) is 14.2 Å². The maximum Gasteiger partial charge on any atom is 0.287 e. The van der Waals surface area contributed by atoms with Crippen molar-refractivity contribution in [1.82, 2.24) is 20.6 Å². The van der Waals surface area contributed by atoms with Gasteiger partial charge < -0.3 is 25.1 Å². The highest BCUT2D eigenvalue weighted by molar-refractivity contribution is 5.91. The first-order valence-electron chi connectivity index (χ1n) is 6.74. The highest BCUT2D eigenvalue weighted by atomic mass is 16.5. The average Bonchev–Trinajstić information content (AvgIpc) is 2.81. The molecule has 1 amide bonds. The van der Waals surface area contributed by atoms with Gasteiger partial charge in [0.15, 0.2) is 5.82 Å². The van der Waals surface area contributed by atoms with E-state index in [1.807, 2.05) is 6.92 Å². The summed E-state index contributed by atoms with van der Waals surface area (Å²) < 4.78 is 10.4. The summed E-state index contributed by atoms with van der Waals surface area (Å²) in [6.07, 6.45) is 0.830. The van der Waals surface area contributed by atoms with Gasteiger partial charge in [0.1, 0.15) is 0 Å². The van der Waals surface area contributed by atoms with Crippen LogP contribution in [0.25, 0.3) is 0 Å². The first kappa shape index (κ1) is 15.0. The van der Waals surface area contributed by atoms with Crippen LogP contribution >= 0.6 is 0 Å². The van der Waals surface area contributed by atoms with Crippen molar-refractivity contribution in [2.24, 2.45) is 0 Å². The minimum atomic E-state index is -0.204. The fraction of sp³-hybridized carbons (Fsp3) is 0.692. The van der Waals surface area contributed by atoms with Crippen molar-refractivity contribution in [1.29, 1.82) is 0 Å². The van der Waals surface area contributed by atoms with Gasteiger partial charge in [-0.05, 0) is 19.9 Å². The number of methoxy groups -OCH3 is 2. The Bertz CT molecular complexity index is 460. The van der Waals surface area contributed by atoms with Gasteiger partial charge in [0, 0.05) is 26.5 Å². The van der Waals surface area contributed by atoms with Crippen LogP contribution in [0.15, 0.2) is 0 Å². The first-order chi connectivity index (χ1) is 9.65. The second-order valence-corrected chi connectivity index (χ2v) is 4.94. The normalized spacial score (nSPS) is 22.8. The predicted molar refractivity (Wildman–Crippen MR) is 73.6 cm³/mol. The summed E-state index contributed by atoms with van der Waals surface area (Å²) in [6.45, 7) is 3.88. The maximum absolute atomic E-state index is 12.2. The molecule has 7 heteroatoms. The zero-order valence-electron chi connectivity index (χ0n) is 12.2. The van der Waals surface area contributed by atoms with Crippen molar-refractivity contribution in [2.75, 3.05) is 27.3 Å². The largest absolute Gasteiger partial charge is 0.378 e. The van der Waals surface area contributed by atoms with E-state index in [-0.39, 0.29) is 18.1 Å². The van der Waals surface area contributed by atoms with Crippen molar-refractivity contribution in [3.63, 3.8) is 0 Å². The van der Waals surface area contributed by atoms with E-state index in [1.165, 1.54) is 0 Å². The van der Waals surface area contributed by atoms with Crippen molar-refractivity contribution in [3.8, 4) is 0 Å². The number of aryl methyl sites for hydroxylation is 1. The Balaban J connectivity index is 2.01. The number of rotatable bonds is 5. The molecule has 1 aliphatic heterocycles. The molecule has 0 spiro atoms. The Morgan fingerprint density at radius 2 is 2.30 bits per heavy atom. The molecule has 1 saturated heterocycles. The summed E-state index contributed by atoms with van der Waals surface area (Å²) in [6, 6.07) is 0.00466. The van der Waals surface area contributed by atoms with E-state index in [4.69, 9.17) is 9.47 Å². The molecule has 2 atom stereocenters. The van der Waals surface area contributed by atoms with Crippen LogP contribution < -0.4 is 10.6 Å². The van der Waals surface area contributed by atoms with Crippen molar-refractivity contribution < 1.29 is 14.3 Å². The smallest absolute Gasteiger partial charge is 0.287 e. The SMILES string of the molecule is COCc1nc(C(=O)NC2CCNCC2OC)[nH]c1C. The molecule has 112 valence electrons. The van der Waals surface area contributed by atoms with Crippen LogP contribution in [0.5, 0.6) is 0 Å². The Hall–Kier alpha value is -1.44. The number of piperidine rings is 1. The molecule has 0 aliphatic carbocycles. The number of aromatic amines is 1. The van der Waals surface area contributed by atoms with E-state index in [0.717, 1.165) is 30.9 Å². The van der Waals surface area contributed by atoms with Gasteiger partial charge >= 0.3 is 0 Å². The van der Waals surface area contributed by atoms with Gasteiger partial charge in [0.25, 0.3) is 5.91 Å². The van der Waals surface area contributed by atoms with Gasteiger partial charge in [-0.3, -0.25) is 4.79 Å². The number of aromatic nitrogens is 2.